The quantitative estimate of drug-likeness (QED) is 0.442. The van der Waals surface area contributed by atoms with E-state index in [1.165, 1.54) is 0 Å². The molecule has 3 N–H and O–H groups in total. The third-order valence-corrected chi connectivity index (χ3v) is 5.76. The van der Waals surface area contributed by atoms with Gasteiger partial charge in [-0.05, 0) is 31.5 Å². The molecule has 0 saturated carbocycles. The summed E-state index contributed by atoms with van der Waals surface area (Å²) in [5.74, 6) is 0.595. The average molecular weight is 434 g/mol. The van der Waals surface area contributed by atoms with Crippen LogP contribution in [0.1, 0.15) is 23.1 Å². The molecule has 3 heterocycles. The Morgan fingerprint density at radius 1 is 1.22 bits per heavy atom. The molecule has 0 saturated heterocycles. The maximum Gasteiger partial charge on any atom is 0.327 e. The van der Waals surface area contributed by atoms with E-state index in [0.29, 0.717) is 33.8 Å². The number of aromatic nitrogens is 3. The topological polar surface area (TPSA) is 122 Å². The van der Waals surface area contributed by atoms with E-state index in [2.05, 4.69) is 15.5 Å². The number of rotatable bonds is 5. The van der Waals surface area contributed by atoms with Crippen LogP contribution >= 0.6 is 0 Å². The van der Waals surface area contributed by atoms with Crippen molar-refractivity contribution in [3.05, 3.63) is 70.0 Å². The first kappa shape index (κ1) is 20.1. The molecule has 1 amide bonds. The largest absolute Gasteiger partial charge is 0.475 e. The van der Waals surface area contributed by atoms with Gasteiger partial charge in [0.1, 0.15) is 17.3 Å². The molecule has 0 fully saturated rings. The number of nitrogens with zero attached hydrogens (tertiary/aromatic N) is 2. The van der Waals surface area contributed by atoms with Crippen LogP contribution in [0.5, 0.6) is 5.75 Å². The molecule has 2 aromatic carbocycles. The smallest absolute Gasteiger partial charge is 0.327 e. The number of ether oxygens (including phenoxy) is 1. The first-order valence-corrected chi connectivity index (χ1v) is 10.3. The van der Waals surface area contributed by atoms with Crippen molar-refractivity contribution in [3.8, 4) is 16.9 Å². The van der Waals surface area contributed by atoms with Gasteiger partial charge in [0, 0.05) is 12.1 Å². The number of carbonyl (C=O) groups is 1. The first-order chi connectivity index (χ1) is 15.5. The van der Waals surface area contributed by atoms with Gasteiger partial charge in [0.15, 0.2) is 5.75 Å². The summed E-state index contributed by atoms with van der Waals surface area (Å²) >= 11 is 0. The summed E-state index contributed by atoms with van der Waals surface area (Å²) in [6, 6.07) is 12.2. The summed E-state index contributed by atoms with van der Waals surface area (Å²) in [5.41, 5.74) is 3.73. The maximum atomic E-state index is 13.1. The van der Waals surface area contributed by atoms with Gasteiger partial charge in [0.25, 0.3) is 5.91 Å². The minimum atomic E-state index is -1.03. The number of aryl methyl sites for hydroxylation is 2. The fourth-order valence-corrected chi connectivity index (χ4v) is 4.41. The van der Waals surface area contributed by atoms with Gasteiger partial charge < -0.3 is 24.7 Å². The summed E-state index contributed by atoms with van der Waals surface area (Å²) in [4.78, 5) is 29.1. The lowest BCUT2D eigenvalue weighted by Gasteiger charge is -2.33. The van der Waals surface area contributed by atoms with Crippen LogP contribution in [0.15, 0.2) is 51.8 Å². The maximum absolute atomic E-state index is 13.1. The molecular weight excluding hydrogens is 412 g/mol. The van der Waals surface area contributed by atoms with Crippen LogP contribution in [0.2, 0.25) is 0 Å². The van der Waals surface area contributed by atoms with Gasteiger partial charge >= 0.3 is 5.69 Å². The molecule has 0 spiro atoms. The average Bonchev–Trinajstić information content (AvgIpc) is 3.32. The number of imidazole rings is 1. The summed E-state index contributed by atoms with van der Waals surface area (Å²) in [6.07, 6.45) is -1.03. The monoisotopic (exact) mass is 434 g/mol. The minimum Gasteiger partial charge on any atom is -0.475 e. The number of benzene rings is 2. The van der Waals surface area contributed by atoms with Gasteiger partial charge in [-0.1, -0.05) is 35.5 Å². The van der Waals surface area contributed by atoms with Crippen molar-refractivity contribution in [2.75, 3.05) is 13.2 Å². The zero-order chi connectivity index (χ0) is 22.4. The molecular formula is C23H22N4O5. The number of aliphatic hydroxyl groups is 1. The Morgan fingerprint density at radius 3 is 2.69 bits per heavy atom. The fourth-order valence-electron chi connectivity index (χ4n) is 4.41. The lowest BCUT2D eigenvalue weighted by atomic mass is 9.96. The van der Waals surface area contributed by atoms with Gasteiger partial charge in [0.05, 0.1) is 23.4 Å². The zero-order valence-electron chi connectivity index (χ0n) is 17.6. The molecule has 4 aromatic rings. The Morgan fingerprint density at radius 2 is 2.00 bits per heavy atom. The van der Waals surface area contributed by atoms with Crippen LogP contribution in [0.25, 0.3) is 22.2 Å². The molecule has 0 aliphatic carbocycles. The molecule has 1 aliphatic rings. The predicted octanol–water partition coefficient (Wildman–Crippen LogP) is 2.06. The van der Waals surface area contributed by atoms with E-state index in [-0.39, 0.29) is 18.8 Å². The van der Waals surface area contributed by atoms with Crippen molar-refractivity contribution >= 4 is 16.9 Å². The fraction of sp³-hybridized carbons (Fsp3) is 0.261. The summed E-state index contributed by atoms with van der Waals surface area (Å²) in [7, 11) is 0. The van der Waals surface area contributed by atoms with Crippen LogP contribution < -0.4 is 15.7 Å². The Bertz CT molecular complexity index is 1350. The highest BCUT2D eigenvalue weighted by atomic mass is 16.5. The first-order valence-electron chi connectivity index (χ1n) is 10.3. The minimum absolute atomic E-state index is 0.0794. The van der Waals surface area contributed by atoms with Gasteiger partial charge in [-0.2, -0.15) is 0 Å². The summed E-state index contributed by atoms with van der Waals surface area (Å²) in [5, 5.41) is 15.9. The molecule has 9 nitrogen and oxygen atoms in total. The number of H-pyrrole nitrogens is 1. The molecule has 0 bridgehead atoms. The van der Waals surface area contributed by atoms with E-state index in [9.17, 15) is 14.7 Å². The van der Waals surface area contributed by atoms with Gasteiger partial charge in [-0.3, -0.25) is 9.36 Å². The van der Waals surface area contributed by atoms with Gasteiger partial charge in [0.2, 0.25) is 6.10 Å². The molecule has 0 unspecified atom stereocenters. The molecule has 9 heteroatoms. The molecule has 164 valence electrons. The molecule has 1 aliphatic heterocycles. The van der Waals surface area contributed by atoms with E-state index in [1.807, 2.05) is 49.4 Å². The SMILES string of the molecule is Cc1noc(C)c1-c1ccc2[nH]c(=O)n3c2c1O[C@@H](C(=O)NCCO)[C@@H]3c1ccccc1. The third-order valence-electron chi connectivity index (χ3n) is 5.76. The highest BCUT2D eigenvalue weighted by molar-refractivity contribution is 5.94. The van der Waals surface area contributed by atoms with Crippen molar-refractivity contribution in [1.29, 1.82) is 0 Å². The third kappa shape index (κ3) is 3.01. The lowest BCUT2D eigenvalue weighted by molar-refractivity contribution is -0.129. The van der Waals surface area contributed by atoms with Crippen LogP contribution in [0.4, 0.5) is 0 Å². The highest BCUT2D eigenvalue weighted by Gasteiger charge is 2.41. The number of hydrogen-bond acceptors (Lipinski definition) is 6. The normalized spacial score (nSPS) is 17.3. The number of hydrogen-bond donors (Lipinski definition) is 3. The Kier molecular flexibility index (Phi) is 4.82. The van der Waals surface area contributed by atoms with Crippen molar-refractivity contribution in [2.45, 2.75) is 26.0 Å². The van der Waals surface area contributed by atoms with E-state index in [4.69, 9.17) is 9.26 Å². The van der Waals surface area contributed by atoms with Crippen LogP contribution in [0.3, 0.4) is 0 Å². The lowest BCUT2D eigenvalue weighted by Crippen LogP contribution is -2.48. The van der Waals surface area contributed by atoms with E-state index < -0.39 is 18.1 Å². The Balaban J connectivity index is 1.79. The Labute approximate surface area is 182 Å². The molecule has 2 atom stereocenters. The van der Waals surface area contributed by atoms with E-state index in [0.717, 1.165) is 11.1 Å². The van der Waals surface area contributed by atoms with Crippen molar-refractivity contribution in [1.82, 2.24) is 20.0 Å². The predicted molar refractivity (Wildman–Crippen MR) is 117 cm³/mol. The van der Waals surface area contributed by atoms with Crippen molar-refractivity contribution in [3.63, 3.8) is 0 Å². The standard InChI is InChI=1S/C23H22N4O5/c1-12-17(13(2)32-26-12)15-8-9-16-19-20(15)31-21(22(29)24-10-11-28)18(27(19)23(30)25-16)14-6-4-3-5-7-14/h3-9,18,21,28H,10-11H2,1-2H3,(H,24,29)(H,25,30)/t18-,21+/m0/s1. The second kappa shape index (κ2) is 7.69. The van der Waals surface area contributed by atoms with Crippen molar-refractivity contribution < 1.29 is 19.2 Å². The van der Waals surface area contributed by atoms with Gasteiger partial charge in [-0.25, -0.2) is 4.79 Å². The zero-order valence-corrected chi connectivity index (χ0v) is 17.6. The molecule has 32 heavy (non-hydrogen) atoms. The second-order valence-electron chi connectivity index (χ2n) is 7.75. The molecule has 0 radical (unpaired) electrons. The van der Waals surface area contributed by atoms with Gasteiger partial charge in [-0.15, -0.1) is 0 Å². The number of amides is 1. The summed E-state index contributed by atoms with van der Waals surface area (Å²) in [6.45, 7) is 3.51. The van der Waals surface area contributed by atoms with Crippen molar-refractivity contribution in [2.24, 2.45) is 0 Å². The second-order valence-corrected chi connectivity index (χ2v) is 7.75. The van der Waals surface area contributed by atoms with Crippen LogP contribution in [0, 0.1) is 13.8 Å². The summed E-state index contributed by atoms with van der Waals surface area (Å²) < 4.78 is 13.3. The Hall–Kier alpha value is -3.85. The van der Waals surface area contributed by atoms with E-state index >= 15 is 0 Å². The number of carbonyl (C=O) groups excluding carboxylic acids is 1. The highest BCUT2D eigenvalue weighted by Crippen LogP contribution is 2.44. The van der Waals surface area contributed by atoms with E-state index in [1.54, 1.807) is 11.5 Å². The molecule has 2 aromatic heterocycles. The van der Waals surface area contributed by atoms with Crippen LogP contribution in [-0.4, -0.2) is 45.0 Å². The molecule has 5 rings (SSSR count). The number of aromatic amines is 1. The number of aliphatic hydroxyl groups excluding tert-OH is 1. The van der Waals surface area contributed by atoms with Crippen LogP contribution in [-0.2, 0) is 4.79 Å². The number of nitrogens with one attached hydrogen (secondary N) is 2.